The van der Waals surface area contributed by atoms with Gasteiger partial charge in [0.1, 0.15) is 11.2 Å². The van der Waals surface area contributed by atoms with Crippen LogP contribution >= 0.6 is 0 Å². The molecule has 0 fully saturated rings. The highest BCUT2D eigenvalue weighted by Gasteiger charge is 2.22. The molecule has 1 unspecified atom stereocenters. The topological polar surface area (TPSA) is 79.1 Å². The molecule has 0 aliphatic carbocycles. The second kappa shape index (κ2) is 8.48. The number of imidazole rings is 1. The van der Waals surface area contributed by atoms with Gasteiger partial charge in [0.15, 0.2) is 11.4 Å². The van der Waals surface area contributed by atoms with Crippen molar-refractivity contribution >= 4 is 16.9 Å². The number of hydrogen-bond acceptors (Lipinski definition) is 6. The standard InChI is InChI=1S/C21H26N4O3/c1-6-15(10-12-27-4)25-20-19(24-21(25)28-5)17(9-11-22-20)16-7-8-18(14(3)26)23-13(16)2/h7-9,11,15H,6,10,12H2,1-5H3. The molecule has 0 aliphatic rings. The minimum absolute atomic E-state index is 0.0515. The number of carbonyl (C=O) groups is 1. The summed E-state index contributed by atoms with van der Waals surface area (Å²) in [6.45, 7) is 6.19. The molecular formula is C21H26N4O3. The van der Waals surface area contributed by atoms with Crippen LogP contribution in [0.15, 0.2) is 24.4 Å². The molecular weight excluding hydrogens is 356 g/mol. The van der Waals surface area contributed by atoms with E-state index in [1.807, 2.05) is 23.6 Å². The highest BCUT2D eigenvalue weighted by atomic mass is 16.5. The lowest BCUT2D eigenvalue weighted by atomic mass is 10.0. The fourth-order valence-corrected chi connectivity index (χ4v) is 3.47. The third-order valence-electron chi connectivity index (χ3n) is 4.96. The Kier molecular flexibility index (Phi) is 6.04. The van der Waals surface area contributed by atoms with Crippen molar-refractivity contribution in [1.82, 2.24) is 19.5 Å². The van der Waals surface area contributed by atoms with E-state index in [4.69, 9.17) is 14.5 Å². The Bertz CT molecular complexity index is 997. The lowest BCUT2D eigenvalue weighted by Gasteiger charge is -2.18. The number of fused-ring (bicyclic) bond motifs is 1. The van der Waals surface area contributed by atoms with Crippen LogP contribution in [0, 0.1) is 6.92 Å². The van der Waals surface area contributed by atoms with Gasteiger partial charge in [0.2, 0.25) is 0 Å². The fourth-order valence-electron chi connectivity index (χ4n) is 3.47. The minimum atomic E-state index is -0.0515. The third-order valence-corrected chi connectivity index (χ3v) is 4.96. The van der Waals surface area contributed by atoms with Crippen LogP contribution in [0.3, 0.4) is 0 Å². The van der Waals surface area contributed by atoms with Crippen LogP contribution in [0.2, 0.25) is 0 Å². The summed E-state index contributed by atoms with van der Waals surface area (Å²) in [5.41, 5.74) is 4.61. The molecule has 0 spiro atoms. The molecule has 1 atom stereocenters. The number of nitrogens with zero attached hydrogens (tertiary/aromatic N) is 4. The first-order valence-corrected chi connectivity index (χ1v) is 9.40. The molecule has 7 nitrogen and oxygen atoms in total. The number of hydrogen-bond donors (Lipinski definition) is 0. The van der Waals surface area contributed by atoms with E-state index in [1.54, 1.807) is 26.5 Å². The summed E-state index contributed by atoms with van der Waals surface area (Å²) in [6.07, 6.45) is 3.52. The highest BCUT2D eigenvalue weighted by molar-refractivity contribution is 5.94. The molecule has 0 N–H and O–H groups in total. The van der Waals surface area contributed by atoms with E-state index in [-0.39, 0.29) is 11.8 Å². The number of ether oxygens (including phenoxy) is 2. The van der Waals surface area contributed by atoms with Crippen LogP contribution in [0.25, 0.3) is 22.3 Å². The third kappa shape index (κ3) is 3.62. The van der Waals surface area contributed by atoms with E-state index in [9.17, 15) is 4.79 Å². The molecule has 148 valence electrons. The van der Waals surface area contributed by atoms with E-state index in [0.717, 1.165) is 40.8 Å². The normalized spacial score (nSPS) is 12.3. The van der Waals surface area contributed by atoms with Crippen molar-refractivity contribution in [2.75, 3.05) is 20.8 Å². The van der Waals surface area contributed by atoms with Gasteiger partial charge in [-0.1, -0.05) is 13.0 Å². The Morgan fingerprint density at radius 1 is 1.18 bits per heavy atom. The first-order valence-electron chi connectivity index (χ1n) is 9.40. The van der Waals surface area contributed by atoms with Gasteiger partial charge in [0.25, 0.3) is 6.01 Å². The van der Waals surface area contributed by atoms with E-state index < -0.39 is 0 Å². The predicted molar refractivity (Wildman–Crippen MR) is 108 cm³/mol. The summed E-state index contributed by atoms with van der Waals surface area (Å²) in [5, 5.41) is 0. The van der Waals surface area contributed by atoms with Crippen molar-refractivity contribution in [1.29, 1.82) is 0 Å². The van der Waals surface area contributed by atoms with E-state index in [2.05, 4.69) is 16.9 Å². The molecule has 0 saturated heterocycles. The molecule has 3 rings (SSSR count). The second-order valence-electron chi connectivity index (χ2n) is 6.73. The lowest BCUT2D eigenvalue weighted by Crippen LogP contribution is -2.12. The average molecular weight is 382 g/mol. The SMILES string of the molecule is CCC(CCOC)n1c(OC)nc2c(-c3ccc(C(C)=O)nc3C)ccnc21. The summed E-state index contributed by atoms with van der Waals surface area (Å²) < 4.78 is 12.9. The van der Waals surface area contributed by atoms with Crippen molar-refractivity contribution in [2.24, 2.45) is 0 Å². The maximum Gasteiger partial charge on any atom is 0.298 e. The number of ketones is 1. The number of Topliss-reactive ketones (excluding diaryl/α,β-unsaturated/α-hetero) is 1. The van der Waals surface area contributed by atoms with Gasteiger partial charge in [0.05, 0.1) is 7.11 Å². The molecule has 3 heterocycles. The first kappa shape index (κ1) is 19.9. The highest BCUT2D eigenvalue weighted by Crippen LogP contribution is 2.34. The van der Waals surface area contributed by atoms with E-state index in [1.165, 1.54) is 6.92 Å². The molecule has 7 heteroatoms. The molecule has 3 aromatic heterocycles. The molecule has 0 aromatic carbocycles. The molecule has 0 aliphatic heterocycles. The number of carbonyl (C=O) groups excluding carboxylic acids is 1. The monoisotopic (exact) mass is 382 g/mol. The van der Waals surface area contributed by atoms with Gasteiger partial charge in [-0.2, -0.15) is 4.98 Å². The van der Waals surface area contributed by atoms with Crippen LogP contribution in [0.5, 0.6) is 6.01 Å². The van der Waals surface area contributed by atoms with E-state index >= 15 is 0 Å². The summed E-state index contributed by atoms with van der Waals surface area (Å²) in [4.78, 5) is 25.4. The molecule has 3 aromatic rings. The van der Waals surface area contributed by atoms with Gasteiger partial charge in [0, 0.05) is 49.7 Å². The average Bonchev–Trinajstić information content (AvgIpc) is 3.07. The zero-order chi connectivity index (χ0) is 20.3. The Labute approximate surface area is 164 Å². The number of aromatic nitrogens is 4. The maximum atomic E-state index is 11.6. The molecule has 0 radical (unpaired) electrons. The van der Waals surface area contributed by atoms with E-state index in [0.29, 0.717) is 18.3 Å². The summed E-state index contributed by atoms with van der Waals surface area (Å²) in [6, 6.07) is 6.29. The molecule has 0 bridgehead atoms. The van der Waals surface area contributed by atoms with Gasteiger partial charge in [-0.15, -0.1) is 0 Å². The maximum absolute atomic E-state index is 11.6. The zero-order valence-corrected chi connectivity index (χ0v) is 17.0. The number of pyridine rings is 2. The van der Waals surface area contributed by atoms with Crippen LogP contribution in [-0.4, -0.2) is 46.1 Å². The number of methoxy groups -OCH3 is 2. The van der Waals surface area contributed by atoms with Crippen LogP contribution in [-0.2, 0) is 4.74 Å². The number of rotatable bonds is 8. The lowest BCUT2D eigenvalue weighted by molar-refractivity contribution is 0.101. The number of aryl methyl sites for hydroxylation is 1. The van der Waals surface area contributed by atoms with Crippen LogP contribution < -0.4 is 4.74 Å². The first-order chi connectivity index (χ1) is 13.5. The summed E-state index contributed by atoms with van der Waals surface area (Å²) >= 11 is 0. The summed E-state index contributed by atoms with van der Waals surface area (Å²) in [5.74, 6) is -0.0515. The zero-order valence-electron chi connectivity index (χ0n) is 17.0. The quantitative estimate of drug-likeness (QED) is 0.548. The van der Waals surface area contributed by atoms with Gasteiger partial charge in [-0.05, 0) is 31.9 Å². The smallest absolute Gasteiger partial charge is 0.298 e. The Hall–Kier alpha value is -2.80. The van der Waals surface area contributed by atoms with Crippen LogP contribution in [0.4, 0.5) is 0 Å². The predicted octanol–water partition coefficient (Wildman–Crippen LogP) is 4.00. The van der Waals surface area contributed by atoms with Gasteiger partial charge >= 0.3 is 0 Å². The Morgan fingerprint density at radius 2 is 1.96 bits per heavy atom. The van der Waals surface area contributed by atoms with Crippen molar-refractivity contribution in [3.63, 3.8) is 0 Å². The molecule has 0 amide bonds. The van der Waals surface area contributed by atoms with Crippen molar-refractivity contribution in [2.45, 2.75) is 39.7 Å². The van der Waals surface area contributed by atoms with Crippen molar-refractivity contribution in [3.8, 4) is 17.1 Å². The van der Waals surface area contributed by atoms with Gasteiger partial charge < -0.3 is 9.47 Å². The Balaban J connectivity index is 2.18. The minimum Gasteiger partial charge on any atom is -0.468 e. The Morgan fingerprint density at radius 3 is 2.57 bits per heavy atom. The fraction of sp³-hybridized carbons (Fsp3) is 0.429. The second-order valence-corrected chi connectivity index (χ2v) is 6.73. The van der Waals surface area contributed by atoms with Gasteiger partial charge in [-0.25, -0.2) is 9.97 Å². The van der Waals surface area contributed by atoms with Crippen molar-refractivity contribution in [3.05, 3.63) is 35.8 Å². The molecule has 28 heavy (non-hydrogen) atoms. The largest absolute Gasteiger partial charge is 0.468 e. The van der Waals surface area contributed by atoms with Crippen molar-refractivity contribution < 1.29 is 14.3 Å². The molecule has 0 saturated carbocycles. The van der Waals surface area contributed by atoms with Gasteiger partial charge in [-0.3, -0.25) is 9.36 Å². The summed E-state index contributed by atoms with van der Waals surface area (Å²) in [7, 11) is 3.32. The van der Waals surface area contributed by atoms with Crippen LogP contribution in [0.1, 0.15) is 48.9 Å².